The highest BCUT2D eigenvalue weighted by molar-refractivity contribution is 6.08. The Morgan fingerprint density at radius 2 is 1.77 bits per heavy atom. The van der Waals surface area contributed by atoms with Crippen molar-refractivity contribution in [1.29, 1.82) is 0 Å². The summed E-state index contributed by atoms with van der Waals surface area (Å²) in [7, 11) is 1.97. The molecule has 3 heterocycles. The highest BCUT2D eigenvalue weighted by Gasteiger charge is 2.52. The predicted molar refractivity (Wildman–Crippen MR) is 147 cm³/mol. The molecule has 0 atom stereocenters. The number of pyridine rings is 1. The van der Waals surface area contributed by atoms with Gasteiger partial charge in [-0.05, 0) is 66.6 Å². The Morgan fingerprint density at radius 3 is 2.42 bits per heavy atom. The van der Waals surface area contributed by atoms with Gasteiger partial charge in [0, 0.05) is 55.1 Å². The second kappa shape index (κ2) is 9.87. The number of carbonyl (C=O) groups excluding carboxylic acids is 1. The predicted octanol–water partition coefficient (Wildman–Crippen LogP) is 6.35. The van der Waals surface area contributed by atoms with Crippen molar-refractivity contribution < 1.29 is 22.7 Å². The molecule has 0 unspecified atom stereocenters. The molecule has 9 heteroatoms. The summed E-state index contributed by atoms with van der Waals surface area (Å²) in [6.07, 6.45) is 1.67. The largest absolute Gasteiger partial charge is 0.573 e. The second-order valence-corrected chi connectivity index (χ2v) is 11.1. The third kappa shape index (κ3) is 4.89. The van der Waals surface area contributed by atoms with Crippen LogP contribution in [0, 0.1) is 5.41 Å². The molecule has 1 saturated heterocycles. The number of aryl methyl sites for hydroxylation is 1. The van der Waals surface area contributed by atoms with Crippen LogP contribution < -0.4 is 15.0 Å². The van der Waals surface area contributed by atoms with E-state index >= 15 is 0 Å². The molecular weight excluding hydrogens is 517 g/mol. The van der Waals surface area contributed by atoms with Crippen LogP contribution in [0.25, 0.3) is 10.9 Å². The number of anilines is 1. The van der Waals surface area contributed by atoms with Gasteiger partial charge in [-0.3, -0.25) is 9.78 Å². The van der Waals surface area contributed by atoms with Crippen molar-refractivity contribution in [2.75, 3.05) is 18.0 Å². The number of alkyl halides is 3. The standard InChI is InChI=1S/C31H31F3N4O2/c1-3-26-28(25-12-13-35-17-27(25)37(26)2)29(39)36-16-20-4-8-23(9-5-20)38-18-30(19-38)14-22(15-30)21-6-10-24(11-7-21)40-31(32,33)34/h4-13,17,22H,3,14-16,18-19H2,1-2H3,(H,36,39). The van der Waals surface area contributed by atoms with E-state index in [0.29, 0.717) is 18.0 Å². The van der Waals surface area contributed by atoms with Crippen LogP contribution in [0.15, 0.2) is 67.0 Å². The molecule has 0 bridgehead atoms. The normalized spacial score (nSPS) is 16.6. The number of amides is 1. The molecule has 1 aliphatic heterocycles. The number of hydrogen-bond acceptors (Lipinski definition) is 4. The fourth-order valence-electron chi connectivity index (χ4n) is 6.46. The number of ether oxygens (including phenoxy) is 1. The van der Waals surface area contributed by atoms with E-state index in [1.54, 1.807) is 24.5 Å². The maximum atomic E-state index is 13.2. The molecule has 4 aromatic rings. The Hall–Kier alpha value is -4.01. The molecule has 2 aromatic carbocycles. The first-order valence-electron chi connectivity index (χ1n) is 13.5. The van der Waals surface area contributed by atoms with Gasteiger partial charge in [0.05, 0.1) is 17.3 Å². The van der Waals surface area contributed by atoms with Crippen molar-refractivity contribution in [1.82, 2.24) is 14.9 Å². The molecule has 1 saturated carbocycles. The smallest absolute Gasteiger partial charge is 0.406 e. The van der Waals surface area contributed by atoms with Gasteiger partial charge in [-0.2, -0.15) is 0 Å². The Bertz CT molecular complexity index is 1530. The Labute approximate surface area is 230 Å². The van der Waals surface area contributed by atoms with E-state index in [-0.39, 0.29) is 17.1 Å². The van der Waals surface area contributed by atoms with E-state index in [4.69, 9.17) is 0 Å². The summed E-state index contributed by atoms with van der Waals surface area (Å²) in [4.78, 5) is 19.7. The van der Waals surface area contributed by atoms with Gasteiger partial charge >= 0.3 is 6.36 Å². The van der Waals surface area contributed by atoms with Crippen LogP contribution in [-0.4, -0.2) is 34.9 Å². The Morgan fingerprint density at radius 1 is 1.07 bits per heavy atom. The minimum atomic E-state index is -4.67. The molecule has 2 fully saturated rings. The third-order valence-corrected chi connectivity index (χ3v) is 8.44. The minimum Gasteiger partial charge on any atom is -0.406 e. The number of fused-ring (bicyclic) bond motifs is 1. The molecule has 1 amide bonds. The SMILES string of the molecule is CCc1c(C(=O)NCc2ccc(N3CC4(CC(c5ccc(OC(F)(F)F)cc5)C4)C3)cc2)c2ccncc2n1C. The topological polar surface area (TPSA) is 59.4 Å². The van der Waals surface area contributed by atoms with Crippen molar-refractivity contribution in [3.8, 4) is 5.75 Å². The summed E-state index contributed by atoms with van der Waals surface area (Å²) in [5.41, 5.74) is 6.21. The molecular formula is C31H31F3N4O2. The number of aromatic nitrogens is 2. The van der Waals surface area contributed by atoms with Gasteiger partial charge < -0.3 is 19.5 Å². The van der Waals surface area contributed by atoms with Crippen LogP contribution in [0.1, 0.15) is 52.9 Å². The van der Waals surface area contributed by atoms with Crippen LogP contribution in [0.2, 0.25) is 0 Å². The monoisotopic (exact) mass is 548 g/mol. The van der Waals surface area contributed by atoms with E-state index in [0.717, 1.165) is 65.8 Å². The molecule has 1 spiro atoms. The van der Waals surface area contributed by atoms with Crippen molar-refractivity contribution in [3.05, 3.63) is 89.4 Å². The van der Waals surface area contributed by atoms with Gasteiger partial charge in [0.25, 0.3) is 5.91 Å². The lowest BCUT2D eigenvalue weighted by molar-refractivity contribution is -0.274. The first kappa shape index (κ1) is 26.2. The molecule has 1 N–H and O–H groups in total. The van der Waals surface area contributed by atoms with Crippen LogP contribution in [0.3, 0.4) is 0 Å². The molecule has 2 aromatic heterocycles. The number of halogens is 3. The van der Waals surface area contributed by atoms with Gasteiger partial charge in [0.15, 0.2) is 0 Å². The van der Waals surface area contributed by atoms with Gasteiger partial charge in [0.2, 0.25) is 0 Å². The summed E-state index contributed by atoms with van der Waals surface area (Å²) < 4.78 is 43.2. The van der Waals surface area contributed by atoms with E-state index < -0.39 is 6.36 Å². The van der Waals surface area contributed by atoms with Crippen LogP contribution >= 0.6 is 0 Å². The van der Waals surface area contributed by atoms with Crippen LogP contribution in [-0.2, 0) is 20.0 Å². The summed E-state index contributed by atoms with van der Waals surface area (Å²) in [5.74, 6) is 0.115. The summed E-state index contributed by atoms with van der Waals surface area (Å²) in [6.45, 7) is 4.45. The van der Waals surface area contributed by atoms with Gasteiger partial charge in [-0.25, -0.2) is 0 Å². The molecule has 1 aliphatic carbocycles. The number of nitrogens with zero attached hydrogens (tertiary/aromatic N) is 3. The fraction of sp³-hybridized carbons (Fsp3) is 0.355. The number of rotatable bonds is 7. The molecule has 6 nitrogen and oxygen atoms in total. The number of carbonyl (C=O) groups is 1. The Kier molecular flexibility index (Phi) is 6.47. The molecule has 2 aliphatic rings. The third-order valence-electron chi connectivity index (χ3n) is 8.44. The molecule has 40 heavy (non-hydrogen) atoms. The van der Waals surface area contributed by atoms with Crippen LogP contribution in [0.4, 0.5) is 18.9 Å². The highest BCUT2D eigenvalue weighted by atomic mass is 19.4. The number of nitrogens with one attached hydrogen (secondary N) is 1. The van der Waals surface area contributed by atoms with Gasteiger partial charge in [-0.1, -0.05) is 31.2 Å². The quantitative estimate of drug-likeness (QED) is 0.293. The minimum absolute atomic E-state index is 0.0792. The fourth-order valence-corrected chi connectivity index (χ4v) is 6.46. The first-order valence-corrected chi connectivity index (χ1v) is 13.5. The maximum absolute atomic E-state index is 13.2. The average molecular weight is 549 g/mol. The highest BCUT2D eigenvalue weighted by Crippen LogP contribution is 2.56. The average Bonchev–Trinajstić information content (AvgIpc) is 3.18. The number of hydrogen-bond donors (Lipinski definition) is 1. The van der Waals surface area contributed by atoms with Crippen LogP contribution in [0.5, 0.6) is 5.75 Å². The molecule has 208 valence electrons. The molecule has 6 rings (SSSR count). The van der Waals surface area contributed by atoms with E-state index in [2.05, 4.69) is 51.1 Å². The maximum Gasteiger partial charge on any atom is 0.573 e. The van der Waals surface area contributed by atoms with E-state index in [9.17, 15) is 18.0 Å². The first-order chi connectivity index (χ1) is 19.1. The van der Waals surface area contributed by atoms with Gasteiger partial charge in [0.1, 0.15) is 5.75 Å². The van der Waals surface area contributed by atoms with Crippen molar-refractivity contribution in [2.45, 2.75) is 45.0 Å². The lowest BCUT2D eigenvalue weighted by Crippen LogP contribution is -2.61. The van der Waals surface area contributed by atoms with Gasteiger partial charge in [-0.15, -0.1) is 13.2 Å². The summed E-state index contributed by atoms with van der Waals surface area (Å²) in [6, 6.07) is 16.5. The van der Waals surface area contributed by atoms with E-state index in [1.807, 2.05) is 17.7 Å². The number of benzene rings is 2. The Balaban J connectivity index is 1.01. The lowest BCUT2D eigenvalue weighted by atomic mass is 9.56. The van der Waals surface area contributed by atoms with Crippen molar-refractivity contribution >= 4 is 22.5 Å². The summed E-state index contributed by atoms with van der Waals surface area (Å²) in [5, 5.41) is 4.00. The second-order valence-electron chi connectivity index (χ2n) is 11.1. The van der Waals surface area contributed by atoms with Crippen molar-refractivity contribution in [2.24, 2.45) is 12.5 Å². The zero-order valence-corrected chi connectivity index (χ0v) is 22.5. The zero-order valence-electron chi connectivity index (χ0n) is 22.5. The van der Waals surface area contributed by atoms with Crippen molar-refractivity contribution in [3.63, 3.8) is 0 Å². The molecule has 0 radical (unpaired) electrons. The van der Waals surface area contributed by atoms with E-state index in [1.165, 1.54) is 12.1 Å². The zero-order chi connectivity index (χ0) is 28.1. The summed E-state index contributed by atoms with van der Waals surface area (Å²) >= 11 is 0. The lowest BCUT2D eigenvalue weighted by Gasteiger charge is -2.60.